The Hall–Kier alpha value is -2.70. The Morgan fingerprint density at radius 2 is 2.11 bits per heavy atom. The van der Waals surface area contributed by atoms with Gasteiger partial charge in [0.2, 0.25) is 0 Å². The summed E-state index contributed by atoms with van der Waals surface area (Å²) in [4.78, 5) is 17.7. The number of nitrogens with one attached hydrogen (secondary N) is 1. The molecule has 0 aliphatic rings. The zero-order valence-corrected chi connectivity index (χ0v) is 16.3. The van der Waals surface area contributed by atoms with E-state index in [9.17, 15) is 9.18 Å². The Balaban J connectivity index is 1.87. The van der Waals surface area contributed by atoms with Crippen molar-refractivity contribution in [3.05, 3.63) is 90.0 Å². The van der Waals surface area contributed by atoms with Crippen LogP contribution in [0, 0.1) is 12.7 Å². The second kappa shape index (κ2) is 8.33. The summed E-state index contributed by atoms with van der Waals surface area (Å²) >= 11 is 5.92. The van der Waals surface area contributed by atoms with E-state index in [1.165, 1.54) is 23.6 Å². The third-order valence-electron chi connectivity index (χ3n) is 3.93. The van der Waals surface area contributed by atoms with Gasteiger partial charge in [-0.2, -0.15) is 0 Å². The van der Waals surface area contributed by atoms with Gasteiger partial charge < -0.3 is 5.32 Å². The van der Waals surface area contributed by atoms with Crippen LogP contribution in [0.5, 0.6) is 0 Å². The summed E-state index contributed by atoms with van der Waals surface area (Å²) in [7, 11) is 0. The van der Waals surface area contributed by atoms with Gasteiger partial charge in [0.1, 0.15) is 0 Å². The summed E-state index contributed by atoms with van der Waals surface area (Å²) in [5.41, 5.74) is 3.11. The molecule has 0 aliphatic carbocycles. The fraction of sp³-hybridized carbons (Fsp3) is 0.0476. The smallest absolute Gasteiger partial charge is 0.259 e. The van der Waals surface area contributed by atoms with Crippen molar-refractivity contribution in [3.63, 3.8) is 0 Å². The van der Waals surface area contributed by atoms with Crippen LogP contribution < -0.4 is 5.32 Å². The van der Waals surface area contributed by atoms with Crippen LogP contribution in [0.2, 0.25) is 0 Å². The number of thiol groups is 1. The lowest BCUT2D eigenvalue weighted by Gasteiger charge is -2.07. The Morgan fingerprint density at radius 1 is 1.30 bits per heavy atom. The van der Waals surface area contributed by atoms with E-state index in [1.807, 2.05) is 37.3 Å². The normalized spacial score (nSPS) is 11.3. The van der Waals surface area contributed by atoms with Gasteiger partial charge in [-0.15, -0.1) is 24.0 Å². The van der Waals surface area contributed by atoms with Gasteiger partial charge in [0.05, 0.1) is 16.8 Å². The van der Waals surface area contributed by atoms with E-state index >= 15 is 0 Å². The van der Waals surface area contributed by atoms with Gasteiger partial charge >= 0.3 is 0 Å². The molecule has 0 saturated carbocycles. The number of aryl methyl sites for hydroxylation is 1. The van der Waals surface area contributed by atoms with E-state index in [-0.39, 0.29) is 5.56 Å². The zero-order chi connectivity index (χ0) is 19.4. The molecule has 0 unspecified atom stereocenters. The van der Waals surface area contributed by atoms with Crippen LogP contribution in [0.1, 0.15) is 21.5 Å². The van der Waals surface area contributed by atoms with Gasteiger partial charge in [0.15, 0.2) is 5.82 Å². The van der Waals surface area contributed by atoms with E-state index in [1.54, 1.807) is 6.08 Å². The van der Waals surface area contributed by atoms with Crippen LogP contribution >= 0.6 is 24.0 Å². The largest absolute Gasteiger partial charge is 0.313 e. The molecule has 2 aromatic heterocycles. The zero-order valence-electron chi connectivity index (χ0n) is 14.6. The van der Waals surface area contributed by atoms with Crippen LogP contribution in [0.4, 0.5) is 9.39 Å². The predicted octanol–water partition coefficient (Wildman–Crippen LogP) is 5.97. The highest BCUT2D eigenvalue weighted by Crippen LogP contribution is 2.35. The molecule has 1 amide bonds. The first-order chi connectivity index (χ1) is 13.0. The molecule has 3 rings (SSSR count). The Bertz CT molecular complexity index is 1040. The number of carbonyl (C=O) groups is 1. The topological polar surface area (TPSA) is 42.0 Å². The summed E-state index contributed by atoms with van der Waals surface area (Å²) in [6, 6.07) is 11.2. The number of amides is 1. The first-order valence-corrected chi connectivity index (χ1v) is 9.39. The first kappa shape index (κ1) is 19.1. The average molecular weight is 397 g/mol. The molecular weight excluding hydrogens is 379 g/mol. The minimum Gasteiger partial charge on any atom is -0.313 e. The number of anilines is 1. The molecule has 136 valence electrons. The van der Waals surface area contributed by atoms with E-state index in [2.05, 4.69) is 35.6 Å². The van der Waals surface area contributed by atoms with Gasteiger partial charge in [-0.05, 0) is 54.0 Å². The van der Waals surface area contributed by atoms with Crippen molar-refractivity contribution >= 4 is 39.8 Å². The van der Waals surface area contributed by atoms with Crippen LogP contribution in [-0.2, 0) is 0 Å². The molecule has 3 aromatic rings. The van der Waals surface area contributed by atoms with Crippen molar-refractivity contribution in [1.29, 1.82) is 0 Å². The minimum atomic E-state index is -0.648. The Morgan fingerprint density at radius 3 is 2.85 bits per heavy atom. The number of hydrogen-bond acceptors (Lipinski definition) is 4. The molecule has 0 fully saturated rings. The number of thiophene rings is 1. The summed E-state index contributed by atoms with van der Waals surface area (Å²) in [6.45, 7) is 5.72. The SMILES string of the molecule is C=C/C=C(\S)c1ccc(C)c(-c2ccc(NC(=O)c3ccncc3F)s2)c1. The number of aromatic nitrogens is 1. The van der Waals surface area contributed by atoms with Crippen LogP contribution in [0.15, 0.2) is 67.5 Å². The molecule has 3 nitrogen and oxygen atoms in total. The molecule has 6 heteroatoms. The van der Waals surface area contributed by atoms with E-state index in [0.717, 1.165) is 32.7 Å². The van der Waals surface area contributed by atoms with E-state index < -0.39 is 11.7 Å². The number of benzene rings is 1. The van der Waals surface area contributed by atoms with Gasteiger partial charge in [-0.3, -0.25) is 9.78 Å². The molecule has 0 atom stereocenters. The molecular formula is C21H17FN2OS2. The second-order valence-corrected chi connectivity index (χ2v) is 7.36. The standard InChI is InChI=1S/C21H17FN2OS2/c1-3-4-18(26)14-6-5-13(2)16(11-14)19-7-8-20(27-19)24-21(25)15-9-10-23-12-17(15)22/h3-12,26H,1H2,2H3,(H,24,25)/b18-4-. The molecule has 0 saturated heterocycles. The third kappa shape index (κ3) is 4.35. The fourth-order valence-electron chi connectivity index (χ4n) is 2.54. The van der Waals surface area contributed by atoms with Crippen LogP contribution in [-0.4, -0.2) is 10.9 Å². The first-order valence-electron chi connectivity index (χ1n) is 8.13. The lowest BCUT2D eigenvalue weighted by molar-refractivity contribution is 0.102. The summed E-state index contributed by atoms with van der Waals surface area (Å²) in [5.74, 6) is -1.15. The van der Waals surface area contributed by atoms with Gasteiger partial charge in [-0.25, -0.2) is 4.39 Å². The van der Waals surface area contributed by atoms with Crippen molar-refractivity contribution in [2.24, 2.45) is 0 Å². The average Bonchev–Trinajstić information content (AvgIpc) is 3.10. The molecule has 0 bridgehead atoms. The van der Waals surface area contributed by atoms with E-state index in [0.29, 0.717) is 5.00 Å². The van der Waals surface area contributed by atoms with E-state index in [4.69, 9.17) is 0 Å². The highest BCUT2D eigenvalue weighted by molar-refractivity contribution is 7.90. The highest BCUT2D eigenvalue weighted by atomic mass is 32.1. The number of hydrogen-bond donors (Lipinski definition) is 2. The maximum atomic E-state index is 13.7. The monoisotopic (exact) mass is 396 g/mol. The summed E-state index contributed by atoms with van der Waals surface area (Å²) in [5, 5.41) is 3.38. The van der Waals surface area contributed by atoms with Crippen LogP contribution in [0.3, 0.4) is 0 Å². The van der Waals surface area contributed by atoms with Gasteiger partial charge in [0.25, 0.3) is 5.91 Å². The minimum absolute atomic E-state index is 0.0348. The fourth-order valence-corrected chi connectivity index (χ4v) is 3.77. The van der Waals surface area contributed by atoms with Crippen molar-refractivity contribution in [2.45, 2.75) is 6.92 Å². The highest BCUT2D eigenvalue weighted by Gasteiger charge is 2.14. The molecule has 2 heterocycles. The third-order valence-corrected chi connectivity index (χ3v) is 5.38. The number of allylic oxidation sites excluding steroid dienone is 2. The second-order valence-electron chi connectivity index (χ2n) is 5.79. The predicted molar refractivity (Wildman–Crippen MR) is 114 cm³/mol. The van der Waals surface area contributed by atoms with Crippen molar-refractivity contribution < 1.29 is 9.18 Å². The number of pyridine rings is 1. The van der Waals surface area contributed by atoms with Crippen molar-refractivity contribution in [3.8, 4) is 10.4 Å². The molecule has 1 aromatic carbocycles. The molecule has 0 spiro atoms. The Labute approximate surface area is 166 Å². The van der Waals surface area contributed by atoms with Crippen molar-refractivity contribution in [2.75, 3.05) is 5.32 Å². The lowest BCUT2D eigenvalue weighted by Crippen LogP contribution is -2.12. The lowest BCUT2D eigenvalue weighted by atomic mass is 10.0. The molecule has 27 heavy (non-hydrogen) atoms. The van der Waals surface area contributed by atoms with Crippen LogP contribution in [0.25, 0.3) is 15.3 Å². The molecule has 0 radical (unpaired) electrons. The Kier molecular flexibility index (Phi) is 5.88. The number of rotatable bonds is 5. The summed E-state index contributed by atoms with van der Waals surface area (Å²) in [6.07, 6.45) is 5.94. The maximum Gasteiger partial charge on any atom is 0.259 e. The molecule has 1 N–H and O–H groups in total. The molecule has 0 aliphatic heterocycles. The van der Waals surface area contributed by atoms with Gasteiger partial charge in [-0.1, -0.05) is 24.8 Å². The van der Waals surface area contributed by atoms with Crippen molar-refractivity contribution in [1.82, 2.24) is 4.98 Å². The van der Waals surface area contributed by atoms with Gasteiger partial charge in [0, 0.05) is 16.0 Å². The number of carbonyl (C=O) groups excluding carboxylic acids is 1. The summed E-state index contributed by atoms with van der Waals surface area (Å²) < 4.78 is 13.7. The quantitative estimate of drug-likeness (QED) is 0.412. The number of halogens is 1. The maximum absolute atomic E-state index is 13.7. The number of nitrogens with zero attached hydrogens (tertiary/aromatic N) is 1.